The van der Waals surface area contributed by atoms with Crippen molar-refractivity contribution in [3.05, 3.63) is 65.4 Å². The molecule has 0 saturated carbocycles. The van der Waals surface area contributed by atoms with Gasteiger partial charge in [-0.1, -0.05) is 23.7 Å². The Morgan fingerprint density at radius 3 is 2.47 bits per heavy atom. The number of carbonyl (C=O) groups is 1. The van der Waals surface area contributed by atoms with Gasteiger partial charge in [-0.3, -0.25) is 4.79 Å². The van der Waals surface area contributed by atoms with E-state index in [2.05, 4.69) is 25.6 Å². The van der Waals surface area contributed by atoms with Gasteiger partial charge in [-0.05, 0) is 30.3 Å². The van der Waals surface area contributed by atoms with E-state index in [0.29, 0.717) is 45.1 Å². The van der Waals surface area contributed by atoms with Crippen molar-refractivity contribution >= 4 is 40.0 Å². The third kappa shape index (κ3) is 4.26. The van der Waals surface area contributed by atoms with Gasteiger partial charge in [-0.25, -0.2) is 15.0 Å². The number of rotatable bonds is 6. The molecule has 9 heteroatoms. The molecule has 0 aliphatic carbocycles. The Morgan fingerprint density at radius 1 is 1.00 bits per heavy atom. The molecule has 0 fully saturated rings. The van der Waals surface area contributed by atoms with Gasteiger partial charge in [0.05, 0.1) is 31.0 Å². The number of aromatic nitrogens is 3. The highest BCUT2D eigenvalue weighted by molar-refractivity contribution is 6.29. The van der Waals surface area contributed by atoms with Crippen molar-refractivity contribution in [2.24, 2.45) is 0 Å². The highest BCUT2D eigenvalue weighted by atomic mass is 35.5. The summed E-state index contributed by atoms with van der Waals surface area (Å²) in [6.07, 6.45) is 1.43. The normalized spacial score (nSPS) is 10.6. The second kappa shape index (κ2) is 9.07. The molecule has 0 spiro atoms. The summed E-state index contributed by atoms with van der Waals surface area (Å²) in [5.74, 6) is 1.31. The Morgan fingerprint density at radius 2 is 1.78 bits per heavy atom. The molecule has 0 saturated heterocycles. The van der Waals surface area contributed by atoms with Crippen LogP contribution in [0.15, 0.2) is 54.7 Å². The van der Waals surface area contributed by atoms with Gasteiger partial charge in [-0.2, -0.15) is 0 Å². The third-order valence-electron chi connectivity index (χ3n) is 4.81. The first-order chi connectivity index (χ1) is 15.5. The van der Waals surface area contributed by atoms with Gasteiger partial charge in [0, 0.05) is 35.9 Å². The van der Waals surface area contributed by atoms with E-state index in [1.54, 1.807) is 45.5 Å². The molecule has 2 aromatic carbocycles. The number of hydrogen-bond donors (Lipinski definition) is 2. The van der Waals surface area contributed by atoms with Crippen molar-refractivity contribution < 1.29 is 14.3 Å². The molecule has 4 rings (SSSR count). The van der Waals surface area contributed by atoms with Gasteiger partial charge < -0.3 is 20.1 Å². The van der Waals surface area contributed by atoms with Crippen LogP contribution in [-0.2, 0) is 0 Å². The third-order valence-corrected chi connectivity index (χ3v) is 5.03. The van der Waals surface area contributed by atoms with Gasteiger partial charge in [0.25, 0.3) is 5.91 Å². The van der Waals surface area contributed by atoms with E-state index in [1.165, 1.54) is 6.20 Å². The standard InChI is InChI=1S/C23H20ClN5O3/c1-25-23-28-17-11-19(32-3)18(31-2)10-16(17)21(29-23)13-5-4-6-15(9-13)27-22(30)14-7-8-20(24)26-12-14/h4-12H,1-3H3,(H,27,30)(H,25,28,29). The minimum atomic E-state index is -0.291. The highest BCUT2D eigenvalue weighted by Crippen LogP contribution is 2.36. The van der Waals surface area contributed by atoms with Crippen LogP contribution in [0.3, 0.4) is 0 Å². The van der Waals surface area contributed by atoms with Crippen LogP contribution in [0, 0.1) is 0 Å². The van der Waals surface area contributed by atoms with E-state index >= 15 is 0 Å². The number of ether oxygens (including phenoxy) is 2. The van der Waals surface area contributed by atoms with Crippen LogP contribution >= 0.6 is 11.6 Å². The number of carbonyl (C=O) groups excluding carboxylic acids is 1. The summed E-state index contributed by atoms with van der Waals surface area (Å²) >= 11 is 5.80. The molecule has 2 aromatic heterocycles. The lowest BCUT2D eigenvalue weighted by Crippen LogP contribution is -2.12. The fraction of sp³-hybridized carbons (Fsp3) is 0.130. The fourth-order valence-electron chi connectivity index (χ4n) is 3.25. The molecule has 0 bridgehead atoms. The van der Waals surface area contributed by atoms with Gasteiger partial charge in [0.15, 0.2) is 11.5 Å². The van der Waals surface area contributed by atoms with Crippen molar-refractivity contribution in [2.45, 2.75) is 0 Å². The van der Waals surface area contributed by atoms with E-state index in [-0.39, 0.29) is 5.91 Å². The monoisotopic (exact) mass is 449 g/mol. The molecule has 2 heterocycles. The molecule has 8 nitrogen and oxygen atoms in total. The number of fused-ring (bicyclic) bond motifs is 1. The predicted molar refractivity (Wildman–Crippen MR) is 125 cm³/mol. The zero-order valence-corrected chi connectivity index (χ0v) is 18.4. The number of hydrogen-bond acceptors (Lipinski definition) is 7. The molecule has 0 aliphatic heterocycles. The zero-order chi connectivity index (χ0) is 22.7. The molecular formula is C23H20ClN5O3. The van der Waals surface area contributed by atoms with Crippen molar-refractivity contribution in [3.8, 4) is 22.8 Å². The molecule has 0 unspecified atom stereocenters. The Balaban J connectivity index is 1.77. The maximum atomic E-state index is 12.6. The number of halogens is 1. The van der Waals surface area contributed by atoms with E-state index in [0.717, 1.165) is 10.9 Å². The lowest BCUT2D eigenvalue weighted by Gasteiger charge is -2.13. The molecule has 0 aliphatic rings. The summed E-state index contributed by atoms with van der Waals surface area (Å²) < 4.78 is 10.9. The van der Waals surface area contributed by atoms with Crippen LogP contribution < -0.4 is 20.1 Å². The van der Waals surface area contributed by atoms with E-state index in [1.807, 2.05) is 24.3 Å². The number of amides is 1. The molecule has 162 valence electrons. The van der Waals surface area contributed by atoms with Crippen molar-refractivity contribution in [1.82, 2.24) is 15.0 Å². The first kappa shape index (κ1) is 21.3. The average Bonchev–Trinajstić information content (AvgIpc) is 2.82. The van der Waals surface area contributed by atoms with Crippen LogP contribution in [0.1, 0.15) is 10.4 Å². The maximum absolute atomic E-state index is 12.6. The minimum absolute atomic E-state index is 0.291. The van der Waals surface area contributed by atoms with Gasteiger partial charge in [-0.15, -0.1) is 0 Å². The Bertz CT molecular complexity index is 1300. The van der Waals surface area contributed by atoms with E-state index in [9.17, 15) is 4.79 Å². The lowest BCUT2D eigenvalue weighted by molar-refractivity contribution is 0.102. The van der Waals surface area contributed by atoms with Crippen molar-refractivity contribution in [1.29, 1.82) is 0 Å². The molecular weight excluding hydrogens is 430 g/mol. The number of anilines is 2. The zero-order valence-electron chi connectivity index (χ0n) is 17.6. The molecule has 1 amide bonds. The van der Waals surface area contributed by atoms with Gasteiger partial charge in [0.1, 0.15) is 5.15 Å². The second-order valence-corrected chi connectivity index (χ2v) is 7.16. The van der Waals surface area contributed by atoms with Gasteiger partial charge >= 0.3 is 0 Å². The van der Waals surface area contributed by atoms with E-state index < -0.39 is 0 Å². The number of methoxy groups -OCH3 is 2. The average molecular weight is 450 g/mol. The number of nitrogens with zero attached hydrogens (tertiary/aromatic N) is 3. The summed E-state index contributed by atoms with van der Waals surface area (Å²) in [6, 6.07) is 14.2. The largest absolute Gasteiger partial charge is 0.493 e. The summed E-state index contributed by atoms with van der Waals surface area (Å²) in [7, 11) is 4.91. The summed E-state index contributed by atoms with van der Waals surface area (Å²) in [6.45, 7) is 0. The highest BCUT2D eigenvalue weighted by Gasteiger charge is 2.15. The summed E-state index contributed by atoms with van der Waals surface area (Å²) in [4.78, 5) is 25.7. The molecule has 32 heavy (non-hydrogen) atoms. The summed E-state index contributed by atoms with van der Waals surface area (Å²) in [5.41, 5.74) is 3.19. The van der Waals surface area contributed by atoms with Crippen molar-refractivity contribution in [2.75, 3.05) is 31.9 Å². The van der Waals surface area contributed by atoms with Gasteiger partial charge in [0.2, 0.25) is 5.95 Å². The van der Waals surface area contributed by atoms with Crippen LogP contribution in [-0.4, -0.2) is 42.1 Å². The SMILES string of the molecule is CNc1nc(-c2cccc(NC(=O)c3ccc(Cl)nc3)c2)c2cc(OC)c(OC)cc2n1. The molecule has 4 aromatic rings. The second-order valence-electron chi connectivity index (χ2n) is 6.77. The first-order valence-corrected chi connectivity index (χ1v) is 10.0. The molecule has 2 N–H and O–H groups in total. The van der Waals surface area contributed by atoms with Crippen molar-refractivity contribution in [3.63, 3.8) is 0 Å². The smallest absolute Gasteiger partial charge is 0.257 e. The summed E-state index contributed by atoms with van der Waals surface area (Å²) in [5, 5.41) is 6.98. The van der Waals surface area contributed by atoms with Crippen LogP contribution in [0.2, 0.25) is 5.15 Å². The Kier molecular flexibility index (Phi) is 6.04. The number of benzene rings is 2. The maximum Gasteiger partial charge on any atom is 0.257 e. The Labute approximate surface area is 189 Å². The van der Waals surface area contributed by atoms with Crippen LogP contribution in [0.5, 0.6) is 11.5 Å². The Hall–Kier alpha value is -3.91. The van der Waals surface area contributed by atoms with E-state index in [4.69, 9.17) is 21.1 Å². The topological polar surface area (TPSA) is 98.3 Å². The number of pyridine rings is 1. The molecule has 0 atom stereocenters. The number of nitrogens with one attached hydrogen (secondary N) is 2. The molecule has 0 radical (unpaired) electrons. The first-order valence-electron chi connectivity index (χ1n) is 9.67. The van der Waals surface area contributed by atoms with Crippen LogP contribution in [0.4, 0.5) is 11.6 Å². The predicted octanol–water partition coefficient (Wildman–Crippen LogP) is 4.66. The fourth-order valence-corrected chi connectivity index (χ4v) is 3.36. The lowest BCUT2D eigenvalue weighted by atomic mass is 10.0. The minimum Gasteiger partial charge on any atom is -0.493 e. The quantitative estimate of drug-likeness (QED) is 0.413. The van der Waals surface area contributed by atoms with Crippen LogP contribution in [0.25, 0.3) is 22.2 Å².